The smallest absolute Gasteiger partial charge is 0.214 e. The minimum atomic E-state index is -1.02. The number of benzene rings is 2. The van der Waals surface area contributed by atoms with Gasteiger partial charge in [-0.05, 0) is 96.2 Å². The van der Waals surface area contributed by atoms with Gasteiger partial charge in [0.15, 0.2) is 0 Å². The molecule has 1 aliphatic rings. The van der Waals surface area contributed by atoms with Gasteiger partial charge in [0.2, 0.25) is 5.97 Å². The zero-order chi connectivity index (χ0) is 25.8. The quantitative estimate of drug-likeness (QED) is 0.194. The summed E-state index contributed by atoms with van der Waals surface area (Å²) in [7, 11) is 0. The lowest BCUT2D eigenvalue weighted by molar-refractivity contribution is 0.401. The van der Waals surface area contributed by atoms with Gasteiger partial charge in [-0.3, -0.25) is 10.4 Å². The average Bonchev–Trinajstić information content (AvgIpc) is 2.82. The number of aryl methyl sites for hydroxylation is 2. The van der Waals surface area contributed by atoms with Crippen molar-refractivity contribution in [2.45, 2.75) is 46.5 Å². The summed E-state index contributed by atoms with van der Waals surface area (Å²) in [5.74, 6) is -0.633. The molecule has 1 heterocycles. The highest BCUT2D eigenvalue weighted by molar-refractivity contribution is 6.03. The largest absolute Gasteiger partial charge is 0.398 e. The van der Waals surface area contributed by atoms with Crippen LogP contribution in [0.25, 0.3) is 17.2 Å². The number of nitrogens with two attached hydrogens (primary N) is 1. The van der Waals surface area contributed by atoms with E-state index in [0.717, 1.165) is 58.4 Å². The van der Waals surface area contributed by atoms with E-state index in [9.17, 15) is 4.39 Å². The van der Waals surface area contributed by atoms with Crippen LogP contribution < -0.4 is 5.73 Å². The van der Waals surface area contributed by atoms with Crippen molar-refractivity contribution in [2.24, 2.45) is 5.92 Å². The molecule has 4 rings (SSSR count). The van der Waals surface area contributed by atoms with Crippen molar-refractivity contribution in [3.8, 4) is 0 Å². The molecule has 0 radical (unpaired) electrons. The molecule has 1 aliphatic carbocycles. The topological polar surface area (TPSA) is 62.8 Å². The van der Waals surface area contributed by atoms with Crippen LogP contribution in [-0.2, 0) is 6.42 Å². The van der Waals surface area contributed by atoms with Gasteiger partial charge in [-0.15, -0.1) is 0 Å². The first-order chi connectivity index (χ1) is 17.3. The molecule has 0 unspecified atom stereocenters. The Balaban J connectivity index is 1.99. The van der Waals surface area contributed by atoms with Crippen LogP contribution in [0.3, 0.4) is 0 Å². The molecule has 4 heteroatoms. The van der Waals surface area contributed by atoms with Gasteiger partial charge in [-0.25, -0.2) is 0 Å². The summed E-state index contributed by atoms with van der Waals surface area (Å²) in [6.07, 6.45) is 10.3. The van der Waals surface area contributed by atoms with E-state index in [0.29, 0.717) is 5.92 Å². The van der Waals surface area contributed by atoms with Crippen molar-refractivity contribution < 1.29 is 4.39 Å². The molecule has 0 spiro atoms. The van der Waals surface area contributed by atoms with E-state index in [1.807, 2.05) is 31.3 Å². The number of allylic oxidation sites excluding steroid dienone is 3. The summed E-state index contributed by atoms with van der Waals surface area (Å²) in [5, 5.41) is 7.62. The fourth-order valence-electron chi connectivity index (χ4n) is 4.72. The molecule has 0 aliphatic heterocycles. The summed E-state index contributed by atoms with van der Waals surface area (Å²) in [4.78, 5) is 4.74. The number of aromatic nitrogens is 1. The molecule has 1 aromatic heterocycles. The lowest BCUT2D eigenvalue weighted by Gasteiger charge is -2.32. The first kappa shape index (κ1) is 25.3. The van der Waals surface area contributed by atoms with Crippen LogP contribution in [0.4, 0.5) is 10.1 Å². The molecule has 3 aromatic rings. The second kappa shape index (κ2) is 10.9. The van der Waals surface area contributed by atoms with Crippen LogP contribution in [0.15, 0.2) is 73.0 Å². The number of nitrogens with one attached hydrogen (secondary N) is 1. The Morgan fingerprint density at radius 1 is 1.11 bits per heavy atom. The molecule has 0 bridgehead atoms. The van der Waals surface area contributed by atoms with Crippen molar-refractivity contribution in [3.63, 3.8) is 0 Å². The molecule has 2 aromatic carbocycles. The van der Waals surface area contributed by atoms with Crippen molar-refractivity contribution >= 4 is 28.9 Å². The van der Waals surface area contributed by atoms with Crippen LogP contribution in [0, 0.1) is 18.3 Å². The predicted octanol–water partition coefficient (Wildman–Crippen LogP) is 8.18. The minimum absolute atomic E-state index is 0.121. The van der Waals surface area contributed by atoms with Gasteiger partial charge < -0.3 is 5.73 Å². The van der Waals surface area contributed by atoms with E-state index in [2.05, 4.69) is 50.8 Å². The molecule has 0 amide bonds. The molecular formula is C32H34FN3. The first-order valence-corrected chi connectivity index (χ1v) is 12.6. The highest BCUT2D eigenvalue weighted by atomic mass is 19.1. The number of pyridine rings is 1. The van der Waals surface area contributed by atoms with Crippen molar-refractivity contribution in [1.82, 2.24) is 4.98 Å². The second-order valence-corrected chi connectivity index (χ2v) is 9.68. The molecule has 36 heavy (non-hydrogen) atoms. The number of hydrogen-bond acceptors (Lipinski definition) is 3. The summed E-state index contributed by atoms with van der Waals surface area (Å²) in [6, 6.07) is 15.9. The minimum Gasteiger partial charge on any atom is -0.398 e. The summed E-state index contributed by atoms with van der Waals surface area (Å²) < 4.78 is 14.1. The lowest BCUT2D eigenvalue weighted by atomic mass is 9.72. The monoisotopic (exact) mass is 479 g/mol. The van der Waals surface area contributed by atoms with Gasteiger partial charge in [0, 0.05) is 17.6 Å². The first-order valence-electron chi connectivity index (χ1n) is 12.6. The van der Waals surface area contributed by atoms with Crippen molar-refractivity contribution in [1.29, 1.82) is 5.41 Å². The Bertz CT molecular complexity index is 1360. The fraction of sp³-hybridized carbons (Fsp3) is 0.250. The Morgan fingerprint density at radius 2 is 1.81 bits per heavy atom. The average molecular weight is 480 g/mol. The van der Waals surface area contributed by atoms with Crippen molar-refractivity contribution in [2.75, 3.05) is 5.73 Å². The Morgan fingerprint density at radius 3 is 2.36 bits per heavy atom. The zero-order valence-electron chi connectivity index (χ0n) is 21.4. The summed E-state index contributed by atoms with van der Waals surface area (Å²) in [5.41, 5.74) is 16.1. The van der Waals surface area contributed by atoms with Crippen LogP contribution in [0.2, 0.25) is 0 Å². The van der Waals surface area contributed by atoms with E-state index >= 15 is 0 Å². The molecule has 1 fully saturated rings. The van der Waals surface area contributed by atoms with Gasteiger partial charge >= 0.3 is 0 Å². The number of hydrogen-bond donors (Lipinski definition) is 2. The van der Waals surface area contributed by atoms with Crippen LogP contribution in [0.5, 0.6) is 0 Å². The normalized spacial score (nSPS) is 14.4. The molecule has 184 valence electrons. The molecule has 0 atom stereocenters. The van der Waals surface area contributed by atoms with Crippen molar-refractivity contribution in [3.05, 3.63) is 112 Å². The van der Waals surface area contributed by atoms with Crippen LogP contribution >= 0.6 is 0 Å². The molecule has 1 saturated carbocycles. The Hall–Kier alpha value is -3.79. The number of anilines is 1. The fourth-order valence-corrected chi connectivity index (χ4v) is 4.72. The maximum Gasteiger partial charge on any atom is 0.214 e. The number of nitrogens with zero attached hydrogens (tertiary/aromatic N) is 1. The van der Waals surface area contributed by atoms with Gasteiger partial charge in [-0.2, -0.15) is 4.39 Å². The van der Waals surface area contributed by atoms with E-state index in [1.54, 1.807) is 12.1 Å². The third-order valence-electron chi connectivity index (χ3n) is 6.94. The molecule has 3 nitrogen and oxygen atoms in total. The third-order valence-corrected chi connectivity index (χ3v) is 6.94. The highest BCUT2D eigenvalue weighted by Crippen LogP contribution is 2.46. The molecular weight excluding hydrogens is 445 g/mol. The number of rotatable bonds is 8. The second-order valence-electron chi connectivity index (χ2n) is 9.68. The van der Waals surface area contributed by atoms with Crippen LogP contribution in [0.1, 0.15) is 72.2 Å². The van der Waals surface area contributed by atoms with Gasteiger partial charge in [0.25, 0.3) is 0 Å². The molecule has 0 saturated heterocycles. The molecule has 3 N–H and O–H groups in total. The zero-order valence-corrected chi connectivity index (χ0v) is 21.4. The van der Waals surface area contributed by atoms with E-state index < -0.39 is 5.97 Å². The maximum absolute atomic E-state index is 14.1. The van der Waals surface area contributed by atoms with E-state index in [-0.39, 0.29) is 11.3 Å². The SMILES string of the molecule is C=C(C)/C=C/c1ccc(/C(=C(\c2cnc(CC)cc2C)C2CCC2)c2ccc(N)c(C(=N)F)c2)cc1. The van der Waals surface area contributed by atoms with E-state index in [1.165, 1.54) is 17.6 Å². The summed E-state index contributed by atoms with van der Waals surface area (Å²) in [6.45, 7) is 10.2. The maximum atomic E-state index is 14.1. The number of halogens is 1. The summed E-state index contributed by atoms with van der Waals surface area (Å²) >= 11 is 0. The number of nitrogen functional groups attached to an aromatic ring is 1. The highest BCUT2D eigenvalue weighted by Gasteiger charge is 2.28. The third kappa shape index (κ3) is 5.38. The van der Waals surface area contributed by atoms with Gasteiger partial charge in [-0.1, -0.05) is 68.0 Å². The lowest BCUT2D eigenvalue weighted by Crippen LogP contribution is -2.16. The standard InChI is InChI=1S/C32H34FN3/c1-5-26-17-21(4)28(19-36-26)31(23-7-6-8-23)30(25-15-16-29(34)27(18-25)32(33)35)24-13-11-22(12-14-24)10-9-20(2)3/h9-19,23,35H,2,5-8,34H2,1,3-4H3/b10-9+,31-30+,35-32?. The van der Waals surface area contributed by atoms with Gasteiger partial charge in [0.05, 0.1) is 5.56 Å². The van der Waals surface area contributed by atoms with Gasteiger partial charge in [0.1, 0.15) is 0 Å². The Kier molecular flexibility index (Phi) is 7.64. The van der Waals surface area contributed by atoms with E-state index in [4.69, 9.17) is 16.1 Å². The predicted molar refractivity (Wildman–Crippen MR) is 151 cm³/mol. The Labute approximate surface area is 213 Å². The van der Waals surface area contributed by atoms with Crippen LogP contribution in [-0.4, -0.2) is 10.9 Å².